The third-order valence-electron chi connectivity index (χ3n) is 4.50. The van der Waals surface area contributed by atoms with E-state index >= 15 is 0 Å². The molecule has 0 amide bonds. The molecule has 0 aliphatic heterocycles. The van der Waals surface area contributed by atoms with Crippen LogP contribution in [-0.4, -0.2) is 0 Å². The van der Waals surface area contributed by atoms with Crippen LogP contribution < -0.4 is 0 Å². The van der Waals surface area contributed by atoms with Crippen LogP contribution in [0.3, 0.4) is 0 Å². The van der Waals surface area contributed by atoms with E-state index in [0.29, 0.717) is 5.41 Å². The molecular weight excluding hydrogens is 168 g/mol. The van der Waals surface area contributed by atoms with Crippen LogP contribution in [0, 0.1) is 11.3 Å². The molecule has 0 aromatic heterocycles. The Labute approximate surface area is 90.5 Å². The van der Waals surface area contributed by atoms with Crippen molar-refractivity contribution in [2.24, 2.45) is 11.3 Å². The Kier molecular flexibility index (Phi) is 4.98. The van der Waals surface area contributed by atoms with Crippen LogP contribution in [0.1, 0.15) is 78.6 Å². The van der Waals surface area contributed by atoms with Gasteiger partial charge in [-0.15, -0.1) is 0 Å². The zero-order valence-electron chi connectivity index (χ0n) is 10.4. The molecule has 0 heterocycles. The van der Waals surface area contributed by atoms with E-state index in [1.54, 1.807) is 0 Å². The number of unbranched alkanes of at least 4 members (excludes halogenated alkanes) is 1. The van der Waals surface area contributed by atoms with Crippen LogP contribution in [0.5, 0.6) is 0 Å². The largest absolute Gasteiger partial charge is 0.0654 e. The Balaban J connectivity index is 2.47. The summed E-state index contributed by atoms with van der Waals surface area (Å²) in [4.78, 5) is 0. The molecule has 0 bridgehead atoms. The van der Waals surface area contributed by atoms with Crippen LogP contribution in [-0.2, 0) is 0 Å². The molecular formula is C14H28. The molecule has 1 atom stereocenters. The molecule has 84 valence electrons. The second-order valence-corrected chi connectivity index (χ2v) is 5.45. The van der Waals surface area contributed by atoms with Gasteiger partial charge in [0.1, 0.15) is 0 Å². The predicted octanol–water partition coefficient (Wildman–Crippen LogP) is 5.17. The zero-order valence-corrected chi connectivity index (χ0v) is 10.4. The van der Waals surface area contributed by atoms with Crippen molar-refractivity contribution in [2.75, 3.05) is 0 Å². The Bertz CT molecular complexity index is 144. The van der Waals surface area contributed by atoms with Gasteiger partial charge in [0.25, 0.3) is 0 Å². The number of hydrogen-bond donors (Lipinski definition) is 0. The van der Waals surface area contributed by atoms with E-state index in [2.05, 4.69) is 20.8 Å². The van der Waals surface area contributed by atoms with Crippen LogP contribution in [0.2, 0.25) is 0 Å². The predicted molar refractivity (Wildman–Crippen MR) is 64.5 cm³/mol. The van der Waals surface area contributed by atoms with Gasteiger partial charge < -0.3 is 0 Å². The van der Waals surface area contributed by atoms with Crippen LogP contribution in [0.15, 0.2) is 0 Å². The molecule has 1 aliphatic carbocycles. The maximum Gasteiger partial charge on any atom is -0.0300 e. The van der Waals surface area contributed by atoms with E-state index in [1.165, 1.54) is 57.8 Å². The number of hydrogen-bond acceptors (Lipinski definition) is 0. The third-order valence-corrected chi connectivity index (χ3v) is 4.50. The van der Waals surface area contributed by atoms with Crippen molar-refractivity contribution >= 4 is 0 Å². The highest BCUT2D eigenvalue weighted by Gasteiger charge is 2.32. The molecule has 0 N–H and O–H groups in total. The lowest BCUT2D eigenvalue weighted by molar-refractivity contribution is 0.116. The van der Waals surface area contributed by atoms with Gasteiger partial charge in [0, 0.05) is 0 Å². The molecule has 1 aliphatic rings. The quantitative estimate of drug-likeness (QED) is 0.569. The molecule has 0 radical (unpaired) electrons. The van der Waals surface area contributed by atoms with E-state index in [4.69, 9.17) is 0 Å². The Morgan fingerprint density at radius 1 is 1.07 bits per heavy atom. The minimum absolute atomic E-state index is 0.663. The van der Waals surface area contributed by atoms with Gasteiger partial charge in [-0.1, -0.05) is 59.3 Å². The van der Waals surface area contributed by atoms with Gasteiger partial charge in [-0.25, -0.2) is 0 Å². The lowest BCUT2D eigenvalue weighted by atomic mass is 9.66. The zero-order chi connectivity index (χ0) is 10.4. The van der Waals surface area contributed by atoms with Crippen molar-refractivity contribution < 1.29 is 0 Å². The Morgan fingerprint density at radius 3 is 2.21 bits per heavy atom. The molecule has 0 saturated heterocycles. The van der Waals surface area contributed by atoms with Crippen molar-refractivity contribution in [3.05, 3.63) is 0 Å². The second-order valence-electron chi connectivity index (χ2n) is 5.45. The molecule has 14 heavy (non-hydrogen) atoms. The van der Waals surface area contributed by atoms with Gasteiger partial charge in [0.15, 0.2) is 0 Å². The van der Waals surface area contributed by atoms with Gasteiger partial charge in [0.2, 0.25) is 0 Å². The highest BCUT2D eigenvalue weighted by molar-refractivity contribution is 4.83. The summed E-state index contributed by atoms with van der Waals surface area (Å²) in [5.74, 6) is 1.03. The van der Waals surface area contributed by atoms with Crippen molar-refractivity contribution in [3.8, 4) is 0 Å². The first-order chi connectivity index (χ1) is 6.73. The minimum Gasteiger partial charge on any atom is -0.0654 e. The van der Waals surface area contributed by atoms with Crippen molar-refractivity contribution in [2.45, 2.75) is 78.6 Å². The fourth-order valence-corrected chi connectivity index (χ4v) is 3.05. The van der Waals surface area contributed by atoms with Crippen LogP contribution >= 0.6 is 0 Å². The topological polar surface area (TPSA) is 0 Å². The van der Waals surface area contributed by atoms with E-state index in [1.807, 2.05) is 0 Å². The second kappa shape index (κ2) is 5.78. The first-order valence-corrected chi connectivity index (χ1v) is 6.73. The summed E-state index contributed by atoms with van der Waals surface area (Å²) < 4.78 is 0. The van der Waals surface area contributed by atoms with Gasteiger partial charge >= 0.3 is 0 Å². The summed E-state index contributed by atoms with van der Waals surface area (Å²) in [6.07, 6.45) is 13.1. The van der Waals surface area contributed by atoms with Crippen molar-refractivity contribution in [3.63, 3.8) is 0 Å². The van der Waals surface area contributed by atoms with Crippen LogP contribution in [0.4, 0.5) is 0 Å². The Hall–Kier alpha value is 0. The average molecular weight is 196 g/mol. The van der Waals surface area contributed by atoms with Crippen molar-refractivity contribution in [1.82, 2.24) is 0 Å². The fourth-order valence-electron chi connectivity index (χ4n) is 3.05. The van der Waals surface area contributed by atoms with Gasteiger partial charge in [-0.05, 0) is 30.6 Å². The fraction of sp³-hybridized carbons (Fsp3) is 1.00. The molecule has 0 heteroatoms. The SMILES string of the molecule is CCCCC(C)(CC)C1CCCCC1. The third kappa shape index (κ3) is 3.00. The first-order valence-electron chi connectivity index (χ1n) is 6.73. The lowest BCUT2D eigenvalue weighted by Gasteiger charge is -2.39. The monoisotopic (exact) mass is 196 g/mol. The summed E-state index contributed by atoms with van der Waals surface area (Å²) in [5.41, 5.74) is 0.663. The molecule has 1 saturated carbocycles. The molecule has 0 nitrogen and oxygen atoms in total. The molecule has 0 aromatic rings. The lowest BCUT2D eigenvalue weighted by Crippen LogP contribution is -2.28. The normalized spacial score (nSPS) is 23.4. The van der Waals surface area contributed by atoms with Crippen LogP contribution in [0.25, 0.3) is 0 Å². The van der Waals surface area contributed by atoms with E-state index in [-0.39, 0.29) is 0 Å². The summed E-state index contributed by atoms with van der Waals surface area (Å²) in [6.45, 7) is 7.25. The summed E-state index contributed by atoms with van der Waals surface area (Å²) >= 11 is 0. The summed E-state index contributed by atoms with van der Waals surface area (Å²) in [6, 6.07) is 0. The van der Waals surface area contributed by atoms with Gasteiger partial charge in [0.05, 0.1) is 0 Å². The summed E-state index contributed by atoms with van der Waals surface area (Å²) in [5, 5.41) is 0. The van der Waals surface area contributed by atoms with Crippen molar-refractivity contribution in [1.29, 1.82) is 0 Å². The van der Waals surface area contributed by atoms with Gasteiger partial charge in [-0.3, -0.25) is 0 Å². The first kappa shape index (κ1) is 12.1. The smallest absolute Gasteiger partial charge is 0.0300 e. The molecule has 0 spiro atoms. The highest BCUT2D eigenvalue weighted by Crippen LogP contribution is 2.44. The molecule has 1 fully saturated rings. The van der Waals surface area contributed by atoms with Gasteiger partial charge in [-0.2, -0.15) is 0 Å². The van der Waals surface area contributed by atoms with E-state index in [0.717, 1.165) is 5.92 Å². The molecule has 0 aromatic carbocycles. The average Bonchev–Trinajstić information content (AvgIpc) is 2.27. The minimum atomic E-state index is 0.663. The standard InChI is InChI=1S/C14H28/c1-4-6-12-14(3,5-2)13-10-8-7-9-11-13/h13H,4-12H2,1-3H3. The maximum absolute atomic E-state index is 2.54. The molecule has 1 unspecified atom stereocenters. The molecule has 1 rings (SSSR count). The van der Waals surface area contributed by atoms with E-state index < -0.39 is 0 Å². The maximum atomic E-state index is 2.54. The van der Waals surface area contributed by atoms with E-state index in [9.17, 15) is 0 Å². The highest BCUT2D eigenvalue weighted by atomic mass is 14.4. The Morgan fingerprint density at radius 2 is 1.71 bits per heavy atom. The summed E-state index contributed by atoms with van der Waals surface area (Å²) in [7, 11) is 0. The number of rotatable bonds is 5.